The first-order valence-corrected chi connectivity index (χ1v) is 7.10. The van der Waals surface area contributed by atoms with Crippen molar-refractivity contribution in [2.75, 3.05) is 12.3 Å². The molecule has 22 heavy (non-hydrogen) atoms. The van der Waals surface area contributed by atoms with E-state index in [1.54, 1.807) is 6.92 Å². The van der Waals surface area contributed by atoms with E-state index in [1.807, 2.05) is 0 Å². The van der Waals surface area contributed by atoms with E-state index in [2.05, 4.69) is 16.6 Å². The maximum absolute atomic E-state index is 12.5. The van der Waals surface area contributed by atoms with Crippen LogP contribution >= 0.6 is 0 Å². The standard InChI is InChI=1S/C16H19F2NO3/c1-2-3-12(20)8-11-6-7-13(22-16(17)18)15(14(11)19)21-9-10-4-5-10/h6-7,10,12,16,20H,4-5,8-9,19H2,1H3. The summed E-state index contributed by atoms with van der Waals surface area (Å²) in [4.78, 5) is 0. The zero-order valence-electron chi connectivity index (χ0n) is 12.3. The summed E-state index contributed by atoms with van der Waals surface area (Å²) in [5.41, 5.74) is 6.79. The van der Waals surface area contributed by atoms with Crippen LogP contribution in [0.15, 0.2) is 12.1 Å². The Kier molecular flexibility index (Phi) is 5.45. The first kappa shape index (κ1) is 16.4. The molecule has 6 heteroatoms. The highest BCUT2D eigenvalue weighted by atomic mass is 19.3. The van der Waals surface area contributed by atoms with Crippen LogP contribution in [-0.2, 0) is 6.42 Å². The van der Waals surface area contributed by atoms with Crippen molar-refractivity contribution in [2.45, 2.75) is 38.9 Å². The number of hydrogen-bond acceptors (Lipinski definition) is 4. The van der Waals surface area contributed by atoms with Crippen molar-refractivity contribution in [2.24, 2.45) is 5.92 Å². The third kappa shape index (κ3) is 4.50. The van der Waals surface area contributed by atoms with E-state index in [0.29, 0.717) is 18.1 Å². The molecule has 1 aromatic carbocycles. The molecule has 0 saturated heterocycles. The number of ether oxygens (including phenoxy) is 2. The highest BCUT2D eigenvalue weighted by Gasteiger charge is 2.24. The van der Waals surface area contributed by atoms with E-state index in [1.165, 1.54) is 12.1 Å². The smallest absolute Gasteiger partial charge is 0.387 e. The Morgan fingerprint density at radius 2 is 2.14 bits per heavy atom. The van der Waals surface area contributed by atoms with Gasteiger partial charge in [0, 0.05) is 6.42 Å². The van der Waals surface area contributed by atoms with Crippen molar-refractivity contribution in [3.63, 3.8) is 0 Å². The van der Waals surface area contributed by atoms with Crippen molar-refractivity contribution in [3.05, 3.63) is 17.7 Å². The molecule has 0 aromatic heterocycles. The minimum Gasteiger partial charge on any atom is -0.487 e. The Morgan fingerprint density at radius 1 is 1.41 bits per heavy atom. The van der Waals surface area contributed by atoms with E-state index in [4.69, 9.17) is 10.5 Å². The molecule has 1 aromatic rings. The lowest BCUT2D eigenvalue weighted by molar-refractivity contribution is -0.0514. The summed E-state index contributed by atoms with van der Waals surface area (Å²) in [5, 5.41) is 9.74. The first-order chi connectivity index (χ1) is 10.5. The molecule has 0 spiro atoms. The fraction of sp³-hybridized carbons (Fsp3) is 0.500. The van der Waals surface area contributed by atoms with Crippen LogP contribution in [0.2, 0.25) is 0 Å². The fourth-order valence-electron chi connectivity index (χ4n) is 2.05. The SMILES string of the molecule is CC#CC(O)Cc1ccc(OC(F)F)c(OCC2CC2)c1N. The summed E-state index contributed by atoms with van der Waals surface area (Å²) in [6.45, 7) is -0.911. The van der Waals surface area contributed by atoms with E-state index >= 15 is 0 Å². The van der Waals surface area contributed by atoms with Crippen LogP contribution in [0, 0.1) is 17.8 Å². The van der Waals surface area contributed by atoms with Gasteiger partial charge >= 0.3 is 6.61 Å². The molecule has 1 atom stereocenters. The van der Waals surface area contributed by atoms with Crippen molar-refractivity contribution in [1.82, 2.24) is 0 Å². The van der Waals surface area contributed by atoms with Gasteiger partial charge in [-0.3, -0.25) is 0 Å². The molecule has 0 radical (unpaired) electrons. The molecule has 0 heterocycles. The van der Waals surface area contributed by atoms with Gasteiger partial charge in [-0.15, -0.1) is 5.92 Å². The van der Waals surface area contributed by atoms with E-state index in [0.717, 1.165) is 12.8 Å². The van der Waals surface area contributed by atoms with Gasteiger partial charge in [0.15, 0.2) is 11.5 Å². The van der Waals surface area contributed by atoms with Gasteiger partial charge in [-0.2, -0.15) is 8.78 Å². The van der Waals surface area contributed by atoms with Crippen molar-refractivity contribution < 1.29 is 23.4 Å². The Balaban J connectivity index is 2.23. The second kappa shape index (κ2) is 7.32. The monoisotopic (exact) mass is 311 g/mol. The van der Waals surface area contributed by atoms with Crippen LogP contribution in [0.25, 0.3) is 0 Å². The number of benzene rings is 1. The summed E-state index contributed by atoms with van der Waals surface area (Å²) in [6, 6.07) is 2.92. The molecule has 120 valence electrons. The molecule has 0 amide bonds. The normalized spacial score (nSPS) is 15.1. The number of rotatable bonds is 7. The molecule has 4 nitrogen and oxygen atoms in total. The van der Waals surface area contributed by atoms with Gasteiger partial charge in [-0.25, -0.2) is 0 Å². The molecule has 0 aliphatic heterocycles. The summed E-state index contributed by atoms with van der Waals surface area (Å²) in [5.74, 6) is 5.68. The number of hydrogen-bond donors (Lipinski definition) is 2. The first-order valence-electron chi connectivity index (χ1n) is 7.10. The van der Waals surface area contributed by atoms with Crippen molar-refractivity contribution in [3.8, 4) is 23.3 Å². The number of aliphatic hydroxyl groups is 1. The second-order valence-electron chi connectivity index (χ2n) is 5.21. The van der Waals surface area contributed by atoms with Crippen molar-refractivity contribution >= 4 is 5.69 Å². The Bertz CT molecular complexity index is 577. The summed E-state index contributed by atoms with van der Waals surface area (Å²) >= 11 is 0. The molecule has 1 saturated carbocycles. The molecular formula is C16H19F2NO3. The van der Waals surface area contributed by atoms with Gasteiger partial charge in [0.05, 0.1) is 12.3 Å². The van der Waals surface area contributed by atoms with Gasteiger partial charge < -0.3 is 20.3 Å². The lowest BCUT2D eigenvalue weighted by Crippen LogP contribution is -2.12. The van der Waals surface area contributed by atoms with Gasteiger partial charge in [0.2, 0.25) is 0 Å². The maximum atomic E-state index is 12.5. The quantitative estimate of drug-likeness (QED) is 0.600. The van der Waals surface area contributed by atoms with Gasteiger partial charge in [0.25, 0.3) is 0 Å². The van der Waals surface area contributed by atoms with Gasteiger partial charge in [-0.1, -0.05) is 12.0 Å². The van der Waals surface area contributed by atoms with Gasteiger partial charge in [0.1, 0.15) is 6.10 Å². The van der Waals surface area contributed by atoms with Crippen molar-refractivity contribution in [1.29, 1.82) is 0 Å². The lowest BCUT2D eigenvalue weighted by atomic mass is 10.0. The Hall–Kier alpha value is -2.00. The third-order valence-electron chi connectivity index (χ3n) is 3.35. The van der Waals surface area contributed by atoms with Crippen LogP contribution < -0.4 is 15.2 Å². The van der Waals surface area contributed by atoms with Crippen LogP contribution in [0.5, 0.6) is 11.5 Å². The predicted molar refractivity (Wildman–Crippen MR) is 78.9 cm³/mol. The van der Waals surface area contributed by atoms with Crippen LogP contribution in [0.4, 0.5) is 14.5 Å². The second-order valence-corrected chi connectivity index (χ2v) is 5.21. The fourth-order valence-corrected chi connectivity index (χ4v) is 2.05. The Labute approximate surface area is 128 Å². The zero-order chi connectivity index (χ0) is 16.1. The molecule has 2 rings (SSSR count). The highest BCUT2D eigenvalue weighted by molar-refractivity contribution is 5.65. The van der Waals surface area contributed by atoms with Gasteiger partial charge in [-0.05, 0) is 37.3 Å². The molecule has 1 aliphatic carbocycles. The zero-order valence-corrected chi connectivity index (χ0v) is 12.3. The number of aliphatic hydroxyl groups excluding tert-OH is 1. The molecule has 3 N–H and O–H groups in total. The highest BCUT2D eigenvalue weighted by Crippen LogP contribution is 2.39. The van der Waals surface area contributed by atoms with Crippen LogP contribution in [0.1, 0.15) is 25.3 Å². The van der Waals surface area contributed by atoms with E-state index in [-0.39, 0.29) is 23.6 Å². The largest absolute Gasteiger partial charge is 0.487 e. The number of nitrogen functional groups attached to an aromatic ring is 1. The third-order valence-corrected chi connectivity index (χ3v) is 3.35. The molecular weight excluding hydrogens is 292 g/mol. The molecule has 1 unspecified atom stereocenters. The molecule has 1 aliphatic rings. The topological polar surface area (TPSA) is 64.7 Å². The lowest BCUT2D eigenvalue weighted by Gasteiger charge is -2.17. The Morgan fingerprint density at radius 3 is 2.73 bits per heavy atom. The minimum atomic E-state index is -2.95. The summed E-state index contributed by atoms with van der Waals surface area (Å²) in [7, 11) is 0. The molecule has 1 fully saturated rings. The number of nitrogens with two attached hydrogens (primary N) is 1. The minimum absolute atomic E-state index is 0.0898. The number of alkyl halides is 2. The summed E-state index contributed by atoms with van der Waals surface area (Å²) < 4.78 is 35.0. The maximum Gasteiger partial charge on any atom is 0.387 e. The number of anilines is 1. The van der Waals surface area contributed by atoms with Crippen LogP contribution in [0.3, 0.4) is 0 Å². The number of halogens is 2. The van der Waals surface area contributed by atoms with Crippen LogP contribution in [-0.4, -0.2) is 24.4 Å². The average Bonchev–Trinajstić information content (AvgIpc) is 3.25. The summed E-state index contributed by atoms with van der Waals surface area (Å²) in [6.07, 6.45) is 1.46. The molecule has 0 bridgehead atoms. The van der Waals surface area contributed by atoms with E-state index < -0.39 is 12.7 Å². The van der Waals surface area contributed by atoms with E-state index in [9.17, 15) is 13.9 Å². The predicted octanol–water partition coefficient (Wildman–Crippen LogP) is 2.59. The average molecular weight is 311 g/mol.